The minimum absolute atomic E-state index is 0.0843. The maximum atomic E-state index is 14.6. The highest BCUT2D eigenvalue weighted by molar-refractivity contribution is 7.90. The third kappa shape index (κ3) is 4.49. The number of ether oxygens (including phenoxy) is 1. The fraction of sp³-hybridized carbons (Fsp3) is 0.400. The first kappa shape index (κ1) is 22.7. The molecule has 2 fully saturated rings. The predicted molar refractivity (Wildman–Crippen MR) is 126 cm³/mol. The summed E-state index contributed by atoms with van der Waals surface area (Å²) in [4.78, 5) is 14.7. The Morgan fingerprint density at radius 1 is 1.21 bits per heavy atom. The summed E-state index contributed by atoms with van der Waals surface area (Å²) >= 11 is 0. The maximum absolute atomic E-state index is 14.6. The fourth-order valence-corrected chi connectivity index (χ4v) is 5.02. The number of hydrogen-bond acceptors (Lipinski definition) is 6. The van der Waals surface area contributed by atoms with E-state index < -0.39 is 21.7 Å². The molecule has 9 heteroatoms. The van der Waals surface area contributed by atoms with E-state index in [1.807, 2.05) is 24.8 Å². The van der Waals surface area contributed by atoms with E-state index in [1.54, 1.807) is 12.1 Å². The van der Waals surface area contributed by atoms with Crippen molar-refractivity contribution in [1.82, 2.24) is 4.72 Å². The molecule has 1 amide bonds. The van der Waals surface area contributed by atoms with Crippen molar-refractivity contribution >= 4 is 32.6 Å². The summed E-state index contributed by atoms with van der Waals surface area (Å²) in [6.45, 7) is 5.99. The van der Waals surface area contributed by atoms with Crippen LogP contribution in [0, 0.1) is 11.7 Å². The molecular weight excluding hydrogens is 459 g/mol. The Bertz CT molecular complexity index is 1360. The lowest BCUT2D eigenvalue weighted by molar-refractivity contribution is 0.0956. The average Bonchev–Trinajstić information content (AvgIpc) is 3.47. The molecule has 1 saturated carbocycles. The predicted octanol–water partition coefficient (Wildman–Crippen LogP) is 4.81. The van der Waals surface area contributed by atoms with Crippen molar-refractivity contribution in [1.29, 1.82) is 0 Å². The molecule has 2 aromatic carbocycles. The van der Waals surface area contributed by atoms with Crippen LogP contribution in [0.2, 0.25) is 0 Å². The molecule has 5 rings (SSSR count). The highest BCUT2D eigenvalue weighted by atomic mass is 32.2. The number of carbonyl (C=O) groups is 1. The van der Waals surface area contributed by atoms with Crippen LogP contribution in [0.4, 0.5) is 10.1 Å². The van der Waals surface area contributed by atoms with Crippen LogP contribution in [0.25, 0.3) is 11.0 Å². The monoisotopic (exact) mass is 486 g/mol. The molecule has 1 N–H and O–H groups in total. The average molecular weight is 487 g/mol. The van der Waals surface area contributed by atoms with E-state index >= 15 is 0 Å². The second kappa shape index (κ2) is 8.61. The summed E-state index contributed by atoms with van der Waals surface area (Å²) < 4.78 is 54.4. The van der Waals surface area contributed by atoms with Gasteiger partial charge in [-0.25, -0.2) is 17.5 Å². The van der Waals surface area contributed by atoms with Gasteiger partial charge in [0.2, 0.25) is 0 Å². The molecule has 7 nitrogen and oxygen atoms in total. The number of hydrogen-bond donors (Lipinski definition) is 1. The summed E-state index contributed by atoms with van der Waals surface area (Å²) in [6.07, 6.45) is 3.16. The zero-order valence-electron chi connectivity index (χ0n) is 19.1. The highest BCUT2D eigenvalue weighted by Crippen LogP contribution is 2.34. The number of carbonyl (C=O) groups excluding carboxylic acids is 1. The van der Waals surface area contributed by atoms with Crippen LogP contribution in [-0.2, 0) is 10.0 Å². The molecule has 0 bridgehead atoms. The molecule has 34 heavy (non-hydrogen) atoms. The Kier molecular flexibility index (Phi) is 5.75. The van der Waals surface area contributed by atoms with E-state index in [2.05, 4.69) is 4.72 Å². The summed E-state index contributed by atoms with van der Waals surface area (Å²) in [5, 5.41) is 0.127. The van der Waals surface area contributed by atoms with Gasteiger partial charge in [-0.3, -0.25) is 4.79 Å². The van der Waals surface area contributed by atoms with Crippen molar-refractivity contribution in [2.45, 2.75) is 43.9 Å². The summed E-state index contributed by atoms with van der Waals surface area (Å²) in [6, 6.07) is 9.27. The van der Waals surface area contributed by atoms with Crippen molar-refractivity contribution in [3.05, 3.63) is 53.5 Å². The van der Waals surface area contributed by atoms with Gasteiger partial charge in [0.15, 0.2) is 5.76 Å². The number of nitrogens with zero attached hydrogens (tertiary/aromatic N) is 1. The molecule has 1 aliphatic heterocycles. The molecule has 1 aromatic heterocycles. The summed E-state index contributed by atoms with van der Waals surface area (Å²) in [5.41, 5.74) is 1.67. The minimum atomic E-state index is -4.27. The van der Waals surface area contributed by atoms with E-state index in [0.717, 1.165) is 37.9 Å². The van der Waals surface area contributed by atoms with Crippen molar-refractivity contribution in [3.8, 4) is 5.75 Å². The molecule has 3 aromatic rings. The zero-order chi connectivity index (χ0) is 24.0. The zero-order valence-corrected chi connectivity index (χ0v) is 20.0. The lowest BCUT2D eigenvalue weighted by Crippen LogP contribution is -2.36. The first-order chi connectivity index (χ1) is 16.2. The second-order valence-electron chi connectivity index (χ2n) is 9.34. The van der Waals surface area contributed by atoms with Gasteiger partial charge in [-0.1, -0.05) is 19.9 Å². The molecule has 180 valence electrons. The third-order valence-electron chi connectivity index (χ3n) is 6.34. The van der Waals surface area contributed by atoms with Crippen LogP contribution in [0.3, 0.4) is 0 Å². The van der Waals surface area contributed by atoms with Crippen LogP contribution in [0.1, 0.15) is 55.1 Å². The number of nitrogens with one attached hydrogen (secondary N) is 1. The lowest BCUT2D eigenvalue weighted by Gasteiger charge is -2.33. The van der Waals surface area contributed by atoms with Crippen LogP contribution in [-0.4, -0.2) is 34.0 Å². The molecule has 0 atom stereocenters. The first-order valence-electron chi connectivity index (χ1n) is 11.5. The number of amides is 1. The SMILES string of the molecule is CC(C)c1ccc(OCC2CC2)c(S(=O)(=O)NC(=O)c2cc3c(F)cc(N4CCC4)cc3o2)c1. The first-order valence-corrected chi connectivity index (χ1v) is 13.0. The van der Waals surface area contributed by atoms with Gasteiger partial charge in [0.05, 0.1) is 12.0 Å². The topological polar surface area (TPSA) is 88.8 Å². The van der Waals surface area contributed by atoms with E-state index in [9.17, 15) is 17.6 Å². The molecule has 2 aliphatic rings. The Morgan fingerprint density at radius 3 is 2.62 bits per heavy atom. The number of fused-ring (bicyclic) bond motifs is 1. The molecule has 2 heterocycles. The van der Waals surface area contributed by atoms with Gasteiger partial charge in [-0.15, -0.1) is 0 Å². The number of anilines is 1. The Labute approximate surface area is 197 Å². The Hall–Kier alpha value is -3.07. The molecule has 1 saturated heterocycles. The molecule has 0 unspecified atom stereocenters. The molecule has 1 aliphatic carbocycles. The lowest BCUT2D eigenvalue weighted by atomic mass is 10.0. The van der Waals surface area contributed by atoms with Crippen molar-refractivity contribution in [3.63, 3.8) is 0 Å². The van der Waals surface area contributed by atoms with E-state index in [-0.39, 0.29) is 33.3 Å². The van der Waals surface area contributed by atoms with Crippen molar-refractivity contribution in [2.75, 3.05) is 24.6 Å². The van der Waals surface area contributed by atoms with E-state index in [0.29, 0.717) is 18.2 Å². The van der Waals surface area contributed by atoms with Crippen LogP contribution < -0.4 is 14.4 Å². The molecule has 0 spiro atoms. The summed E-state index contributed by atoms with van der Waals surface area (Å²) in [7, 11) is -4.27. The van der Waals surface area contributed by atoms with Gasteiger partial charge in [-0.05, 0) is 54.9 Å². The molecular formula is C25H27FN2O5S. The Morgan fingerprint density at radius 2 is 1.97 bits per heavy atom. The van der Waals surface area contributed by atoms with E-state index in [1.165, 1.54) is 18.2 Å². The van der Waals surface area contributed by atoms with Gasteiger partial charge in [-0.2, -0.15) is 0 Å². The Balaban J connectivity index is 1.43. The number of furan rings is 1. The standard InChI is InChI=1S/C25H27FN2O5S/c1-15(2)17-6-7-21(32-14-16-4-5-16)24(10-17)34(30,31)27-25(29)23-13-19-20(26)11-18(12-22(19)33-23)28-8-3-9-28/h6-7,10-13,15-16H,3-5,8-9,14H2,1-2H3,(H,27,29). The van der Waals surface area contributed by atoms with Gasteiger partial charge in [0.25, 0.3) is 10.0 Å². The number of sulfonamides is 1. The van der Waals surface area contributed by atoms with Gasteiger partial charge in [0, 0.05) is 30.9 Å². The number of rotatable bonds is 8. The quantitative estimate of drug-likeness (QED) is 0.491. The largest absolute Gasteiger partial charge is 0.492 e. The van der Waals surface area contributed by atoms with Crippen molar-refractivity contribution in [2.24, 2.45) is 5.92 Å². The van der Waals surface area contributed by atoms with Gasteiger partial charge < -0.3 is 14.1 Å². The smallest absolute Gasteiger partial charge is 0.300 e. The highest BCUT2D eigenvalue weighted by Gasteiger charge is 2.28. The van der Waals surface area contributed by atoms with E-state index in [4.69, 9.17) is 9.15 Å². The van der Waals surface area contributed by atoms with Crippen LogP contribution >= 0.6 is 0 Å². The normalized spacial score (nSPS) is 16.1. The molecule has 0 radical (unpaired) electrons. The van der Waals surface area contributed by atoms with Crippen molar-refractivity contribution < 1.29 is 26.8 Å². The number of halogens is 1. The van der Waals surface area contributed by atoms with Gasteiger partial charge in [0.1, 0.15) is 22.0 Å². The maximum Gasteiger partial charge on any atom is 0.300 e. The third-order valence-corrected chi connectivity index (χ3v) is 7.69. The van der Waals surface area contributed by atoms with Crippen LogP contribution in [0.5, 0.6) is 5.75 Å². The van der Waals surface area contributed by atoms with Gasteiger partial charge >= 0.3 is 5.91 Å². The second-order valence-corrected chi connectivity index (χ2v) is 11.0. The van der Waals surface area contributed by atoms with Crippen LogP contribution in [0.15, 0.2) is 45.7 Å². The fourth-order valence-electron chi connectivity index (χ4n) is 3.88. The summed E-state index contributed by atoms with van der Waals surface area (Å²) in [5.74, 6) is -1.05. The number of benzene rings is 2. The minimum Gasteiger partial charge on any atom is -0.492 e.